The molecule has 1 aliphatic rings. The highest BCUT2D eigenvalue weighted by Gasteiger charge is 2.25. The van der Waals surface area contributed by atoms with Gasteiger partial charge >= 0.3 is 11.8 Å². The summed E-state index contributed by atoms with van der Waals surface area (Å²) in [5.74, 6) is -1.60. The van der Waals surface area contributed by atoms with Crippen molar-refractivity contribution in [3.05, 3.63) is 68.0 Å². The van der Waals surface area contributed by atoms with Crippen molar-refractivity contribution in [3.8, 4) is 0 Å². The molecule has 0 radical (unpaired) electrons. The predicted octanol–water partition coefficient (Wildman–Crippen LogP) is 4.08. The van der Waals surface area contributed by atoms with Gasteiger partial charge < -0.3 is 20.6 Å². The Balaban J connectivity index is 1.36. The number of nitrogens with one attached hydrogen (secondary N) is 2. The van der Waals surface area contributed by atoms with Crippen molar-refractivity contribution in [1.82, 2.24) is 5.32 Å². The zero-order valence-corrected chi connectivity index (χ0v) is 20.7. The molecule has 34 heavy (non-hydrogen) atoms. The summed E-state index contributed by atoms with van der Waals surface area (Å²) in [6, 6.07) is 12.8. The van der Waals surface area contributed by atoms with E-state index in [0.29, 0.717) is 12.2 Å². The van der Waals surface area contributed by atoms with Gasteiger partial charge in [0.2, 0.25) is 5.91 Å². The Hall–Kier alpha value is -3.01. The number of benzene rings is 1. The zero-order chi connectivity index (χ0) is 24.2. The molecular formula is C25H27N3O4S2. The number of hydrogen-bond acceptors (Lipinski definition) is 6. The van der Waals surface area contributed by atoms with Crippen LogP contribution < -0.4 is 15.5 Å². The van der Waals surface area contributed by atoms with E-state index < -0.39 is 17.9 Å². The molecule has 1 atom stereocenters. The van der Waals surface area contributed by atoms with E-state index in [2.05, 4.69) is 10.6 Å². The van der Waals surface area contributed by atoms with Crippen LogP contribution in [0, 0.1) is 5.92 Å². The molecule has 3 heterocycles. The van der Waals surface area contributed by atoms with Crippen LogP contribution in [0.25, 0.3) is 0 Å². The Morgan fingerprint density at radius 2 is 1.91 bits per heavy atom. The molecule has 3 amide bonds. The molecular weight excluding hydrogens is 470 g/mol. The highest BCUT2D eigenvalue weighted by molar-refractivity contribution is 7.12. The molecule has 3 N–H and O–H groups in total. The van der Waals surface area contributed by atoms with Crippen molar-refractivity contribution in [2.45, 2.75) is 39.3 Å². The molecule has 1 aliphatic heterocycles. The van der Waals surface area contributed by atoms with E-state index >= 15 is 0 Å². The molecule has 0 spiro atoms. The van der Waals surface area contributed by atoms with E-state index in [0.717, 1.165) is 38.7 Å². The van der Waals surface area contributed by atoms with Gasteiger partial charge in [-0.25, -0.2) is 0 Å². The highest BCUT2D eigenvalue weighted by Crippen LogP contribution is 2.32. The third-order valence-corrected chi connectivity index (χ3v) is 7.68. The Morgan fingerprint density at radius 3 is 2.65 bits per heavy atom. The Morgan fingerprint density at radius 1 is 1.09 bits per heavy atom. The number of aliphatic hydroxyl groups excluding tert-OH is 1. The fourth-order valence-electron chi connectivity index (χ4n) is 3.85. The summed E-state index contributed by atoms with van der Waals surface area (Å²) in [7, 11) is 0. The number of carbonyl (C=O) groups excluding carboxylic acids is 3. The summed E-state index contributed by atoms with van der Waals surface area (Å²) < 4.78 is 0. The zero-order valence-electron chi connectivity index (χ0n) is 19.0. The van der Waals surface area contributed by atoms with Gasteiger partial charge in [-0.1, -0.05) is 26.0 Å². The number of hydrogen-bond donors (Lipinski definition) is 3. The maximum absolute atomic E-state index is 12.6. The topological polar surface area (TPSA) is 98.7 Å². The van der Waals surface area contributed by atoms with Crippen molar-refractivity contribution < 1.29 is 19.5 Å². The maximum Gasteiger partial charge on any atom is 0.313 e. The molecule has 178 valence electrons. The molecule has 0 saturated carbocycles. The quantitative estimate of drug-likeness (QED) is 0.447. The minimum Gasteiger partial charge on any atom is -0.382 e. The Labute approximate surface area is 206 Å². The lowest BCUT2D eigenvalue weighted by Gasteiger charge is -2.31. The van der Waals surface area contributed by atoms with Crippen LogP contribution in [-0.2, 0) is 27.3 Å². The molecule has 0 aliphatic carbocycles. The molecule has 7 nitrogen and oxygen atoms in total. The third-order valence-electron chi connectivity index (χ3n) is 5.62. The number of aryl methyl sites for hydroxylation is 1. The van der Waals surface area contributed by atoms with Crippen LogP contribution >= 0.6 is 22.7 Å². The molecule has 9 heteroatoms. The van der Waals surface area contributed by atoms with E-state index in [1.165, 1.54) is 22.7 Å². The third kappa shape index (κ3) is 5.38. The number of anilines is 2. The summed E-state index contributed by atoms with van der Waals surface area (Å²) in [6.07, 6.45) is 1.08. The minimum atomic E-state index is -0.770. The lowest BCUT2D eigenvalue weighted by Crippen LogP contribution is -2.38. The summed E-state index contributed by atoms with van der Waals surface area (Å²) in [5.41, 5.74) is 2.32. The first-order valence-corrected chi connectivity index (χ1v) is 12.9. The summed E-state index contributed by atoms with van der Waals surface area (Å²) in [5, 5.41) is 17.6. The molecule has 1 unspecified atom stereocenters. The van der Waals surface area contributed by atoms with Crippen LogP contribution in [0.2, 0.25) is 0 Å². The summed E-state index contributed by atoms with van der Waals surface area (Å²) >= 11 is 2.87. The van der Waals surface area contributed by atoms with Gasteiger partial charge in [-0.15, -0.1) is 22.7 Å². The lowest BCUT2D eigenvalue weighted by molar-refractivity contribution is -0.136. The predicted molar refractivity (Wildman–Crippen MR) is 135 cm³/mol. The number of amides is 3. The van der Waals surface area contributed by atoms with E-state index in [4.69, 9.17) is 0 Å². The number of thiophene rings is 2. The first-order valence-electron chi connectivity index (χ1n) is 11.2. The van der Waals surface area contributed by atoms with E-state index in [9.17, 15) is 19.5 Å². The normalized spacial score (nSPS) is 13.9. The van der Waals surface area contributed by atoms with E-state index in [1.807, 2.05) is 49.6 Å². The highest BCUT2D eigenvalue weighted by atomic mass is 32.1. The van der Waals surface area contributed by atoms with Gasteiger partial charge in [0.15, 0.2) is 0 Å². The van der Waals surface area contributed by atoms with E-state index in [-0.39, 0.29) is 18.4 Å². The van der Waals surface area contributed by atoms with Crippen LogP contribution in [-0.4, -0.2) is 29.4 Å². The average Bonchev–Trinajstić information content (AvgIpc) is 3.53. The van der Waals surface area contributed by atoms with Crippen molar-refractivity contribution >= 4 is 51.8 Å². The molecule has 0 fully saturated rings. The fraction of sp³-hybridized carbons (Fsp3) is 0.320. The van der Waals surface area contributed by atoms with Gasteiger partial charge in [0.25, 0.3) is 0 Å². The van der Waals surface area contributed by atoms with Crippen LogP contribution in [0.4, 0.5) is 11.4 Å². The molecule has 1 aromatic carbocycles. The Kier molecular flexibility index (Phi) is 7.45. The number of rotatable bonds is 6. The van der Waals surface area contributed by atoms with Crippen LogP contribution in [0.3, 0.4) is 0 Å². The number of nitrogens with zero attached hydrogens (tertiary/aromatic N) is 1. The SMILES string of the molecule is CC(C)C(=O)N1CCCc2ccc(NC(=O)C(=O)NCc3ccc(C(O)c4cccs4)s3)cc21. The second-order valence-electron chi connectivity index (χ2n) is 8.45. The molecule has 2 aromatic heterocycles. The second kappa shape index (κ2) is 10.5. The largest absolute Gasteiger partial charge is 0.382 e. The molecule has 3 aromatic rings. The van der Waals surface area contributed by atoms with Crippen molar-refractivity contribution in [2.24, 2.45) is 5.92 Å². The van der Waals surface area contributed by atoms with Gasteiger partial charge in [0.05, 0.1) is 6.54 Å². The number of aliphatic hydroxyl groups is 1. The molecule has 4 rings (SSSR count). The van der Waals surface area contributed by atoms with Crippen LogP contribution in [0.5, 0.6) is 0 Å². The maximum atomic E-state index is 12.6. The monoisotopic (exact) mass is 497 g/mol. The first kappa shape index (κ1) is 24.1. The van der Waals surface area contributed by atoms with Crippen molar-refractivity contribution in [3.63, 3.8) is 0 Å². The van der Waals surface area contributed by atoms with Crippen molar-refractivity contribution in [2.75, 3.05) is 16.8 Å². The van der Waals surface area contributed by atoms with Crippen molar-refractivity contribution in [1.29, 1.82) is 0 Å². The second-order valence-corrected chi connectivity index (χ2v) is 10.6. The summed E-state index contributed by atoms with van der Waals surface area (Å²) in [4.78, 5) is 41.7. The van der Waals surface area contributed by atoms with Gasteiger partial charge in [-0.3, -0.25) is 14.4 Å². The Bertz CT molecular complexity index is 1190. The minimum absolute atomic E-state index is 0.0432. The first-order chi connectivity index (χ1) is 16.3. The summed E-state index contributed by atoms with van der Waals surface area (Å²) in [6.45, 7) is 4.57. The van der Waals surface area contributed by atoms with Gasteiger partial charge in [0.1, 0.15) is 6.10 Å². The molecule has 0 bridgehead atoms. The smallest absolute Gasteiger partial charge is 0.313 e. The average molecular weight is 498 g/mol. The lowest BCUT2D eigenvalue weighted by atomic mass is 9.99. The number of fused-ring (bicyclic) bond motifs is 1. The molecule has 0 saturated heterocycles. The number of carbonyl (C=O) groups is 3. The van der Waals surface area contributed by atoms with E-state index in [1.54, 1.807) is 17.0 Å². The standard InChI is InChI=1S/C25H27N3O4S2/c1-15(2)25(32)28-11-3-5-16-7-8-17(13-19(16)28)27-24(31)23(30)26-14-18-9-10-21(34-18)22(29)20-6-4-12-33-20/h4,6-10,12-13,15,22,29H,3,5,11,14H2,1-2H3,(H,26,30)(H,27,31). The van der Waals surface area contributed by atoms with Gasteiger partial charge in [0, 0.05) is 38.5 Å². The van der Waals surface area contributed by atoms with Gasteiger partial charge in [-0.05, 0) is 54.1 Å². The van der Waals surface area contributed by atoms with Gasteiger partial charge in [-0.2, -0.15) is 0 Å². The fourth-order valence-corrected chi connectivity index (χ4v) is 5.61. The van der Waals surface area contributed by atoms with Crippen LogP contribution in [0.1, 0.15) is 46.6 Å². The van der Waals surface area contributed by atoms with Crippen LogP contribution in [0.15, 0.2) is 47.8 Å².